The maximum atomic E-state index is 6.29. The molecule has 0 bridgehead atoms. The minimum Gasteiger partial charge on any atom is -0.487 e. The van der Waals surface area contributed by atoms with Gasteiger partial charge in [-0.2, -0.15) is 0 Å². The molecule has 0 radical (unpaired) electrons. The molecule has 0 fully saturated rings. The van der Waals surface area contributed by atoms with E-state index < -0.39 is 11.6 Å². The van der Waals surface area contributed by atoms with Gasteiger partial charge < -0.3 is 18.9 Å². The fraction of sp³-hybridized carbons (Fsp3) is 0.905. The van der Waals surface area contributed by atoms with Crippen LogP contribution in [0.4, 0.5) is 0 Å². The van der Waals surface area contributed by atoms with Gasteiger partial charge in [0.05, 0.1) is 6.26 Å². The van der Waals surface area contributed by atoms with Crippen LogP contribution in [0.5, 0.6) is 0 Å². The molecule has 0 spiro atoms. The van der Waals surface area contributed by atoms with Crippen molar-refractivity contribution in [2.45, 2.75) is 97.1 Å². The Kier molecular flexibility index (Phi) is 13.3. The Morgan fingerprint density at radius 3 is 1.88 bits per heavy atom. The maximum Gasteiger partial charge on any atom is 0.324 e. The summed E-state index contributed by atoms with van der Waals surface area (Å²) in [4.78, 5) is 0. The van der Waals surface area contributed by atoms with Crippen molar-refractivity contribution in [3.05, 3.63) is 12.3 Å². The summed E-state index contributed by atoms with van der Waals surface area (Å²) in [5.74, 6) is -0.784. The van der Waals surface area contributed by atoms with Gasteiger partial charge in [-0.25, -0.2) is 0 Å². The Morgan fingerprint density at radius 1 is 0.840 bits per heavy atom. The molecule has 4 nitrogen and oxygen atoms in total. The fourth-order valence-electron chi connectivity index (χ4n) is 3.49. The molecule has 0 N–H and O–H groups in total. The zero-order valence-corrected chi connectivity index (χ0v) is 17.7. The molecular formula is C21H42O4. The third-order valence-corrected chi connectivity index (χ3v) is 4.66. The van der Waals surface area contributed by atoms with Crippen molar-refractivity contribution in [2.75, 3.05) is 21.3 Å². The molecular weight excluding hydrogens is 316 g/mol. The van der Waals surface area contributed by atoms with Crippen LogP contribution >= 0.6 is 0 Å². The first-order valence-electron chi connectivity index (χ1n) is 9.95. The zero-order valence-electron chi connectivity index (χ0n) is 17.7. The summed E-state index contributed by atoms with van der Waals surface area (Å²) in [5.41, 5.74) is -0.671. The third kappa shape index (κ3) is 7.67. The van der Waals surface area contributed by atoms with Crippen molar-refractivity contribution < 1.29 is 18.9 Å². The standard InChI is InChI=1S/C21H42O4/c1-8-10-12-13-14-15-16-20(18-19(3)4,25-17-11-9-2)21(22-5,23-6)24-7/h11,17,19H,8-10,12-16,18H2,1-7H3. The van der Waals surface area contributed by atoms with E-state index in [0.717, 1.165) is 25.7 Å². The van der Waals surface area contributed by atoms with Crippen LogP contribution in [0.2, 0.25) is 0 Å². The first-order valence-corrected chi connectivity index (χ1v) is 9.95. The van der Waals surface area contributed by atoms with E-state index in [0.29, 0.717) is 5.92 Å². The molecule has 0 aromatic carbocycles. The average molecular weight is 359 g/mol. The van der Waals surface area contributed by atoms with E-state index >= 15 is 0 Å². The molecule has 0 aliphatic heterocycles. The highest BCUT2D eigenvalue weighted by Crippen LogP contribution is 2.41. The zero-order chi connectivity index (χ0) is 19.2. The number of unbranched alkanes of at least 4 members (excludes halogenated alkanes) is 5. The molecule has 0 saturated carbocycles. The Balaban J connectivity index is 5.34. The second-order valence-electron chi connectivity index (χ2n) is 7.18. The van der Waals surface area contributed by atoms with Crippen molar-refractivity contribution in [3.8, 4) is 0 Å². The summed E-state index contributed by atoms with van der Waals surface area (Å²) >= 11 is 0. The van der Waals surface area contributed by atoms with Gasteiger partial charge in [0.15, 0.2) is 5.60 Å². The Hall–Kier alpha value is -0.580. The Bertz CT molecular complexity index is 329. The lowest BCUT2D eigenvalue weighted by atomic mass is 9.84. The van der Waals surface area contributed by atoms with E-state index in [1.807, 2.05) is 6.08 Å². The van der Waals surface area contributed by atoms with Crippen LogP contribution in [-0.4, -0.2) is 32.9 Å². The number of allylic oxidation sites excluding steroid dienone is 1. The molecule has 0 aliphatic rings. The molecule has 25 heavy (non-hydrogen) atoms. The van der Waals surface area contributed by atoms with Gasteiger partial charge in [0.25, 0.3) is 0 Å². The van der Waals surface area contributed by atoms with Crippen LogP contribution in [0.1, 0.15) is 85.5 Å². The van der Waals surface area contributed by atoms with Gasteiger partial charge in [-0.15, -0.1) is 0 Å². The summed E-state index contributed by atoms with van der Waals surface area (Å²) in [6.45, 7) is 8.71. The summed E-state index contributed by atoms with van der Waals surface area (Å²) in [6, 6.07) is 0. The average Bonchev–Trinajstić information content (AvgIpc) is 2.59. The van der Waals surface area contributed by atoms with E-state index in [2.05, 4.69) is 27.7 Å². The summed E-state index contributed by atoms with van der Waals surface area (Å²) < 4.78 is 23.5. The lowest BCUT2D eigenvalue weighted by Crippen LogP contribution is -2.59. The molecule has 0 aliphatic carbocycles. The number of methoxy groups -OCH3 is 3. The van der Waals surface area contributed by atoms with Crippen LogP contribution in [0.25, 0.3) is 0 Å². The largest absolute Gasteiger partial charge is 0.487 e. The highest BCUT2D eigenvalue weighted by Gasteiger charge is 2.55. The van der Waals surface area contributed by atoms with Crippen molar-refractivity contribution in [2.24, 2.45) is 5.92 Å². The number of ether oxygens (including phenoxy) is 4. The molecule has 0 saturated heterocycles. The maximum absolute atomic E-state index is 6.29. The van der Waals surface area contributed by atoms with E-state index in [4.69, 9.17) is 18.9 Å². The van der Waals surface area contributed by atoms with Crippen LogP contribution in [-0.2, 0) is 18.9 Å². The van der Waals surface area contributed by atoms with E-state index in [9.17, 15) is 0 Å². The molecule has 150 valence electrons. The lowest BCUT2D eigenvalue weighted by molar-refractivity contribution is -0.423. The van der Waals surface area contributed by atoms with Gasteiger partial charge in [0.2, 0.25) is 0 Å². The molecule has 0 aromatic heterocycles. The van der Waals surface area contributed by atoms with E-state index in [1.54, 1.807) is 27.6 Å². The normalized spacial score (nSPS) is 15.0. The van der Waals surface area contributed by atoms with Gasteiger partial charge in [0, 0.05) is 21.3 Å². The minimum absolute atomic E-state index is 0.426. The predicted molar refractivity (Wildman–Crippen MR) is 104 cm³/mol. The van der Waals surface area contributed by atoms with Crippen LogP contribution < -0.4 is 0 Å². The summed E-state index contributed by atoms with van der Waals surface area (Å²) in [6.07, 6.45) is 13.7. The molecule has 1 unspecified atom stereocenters. The minimum atomic E-state index is -1.21. The second kappa shape index (κ2) is 13.6. The molecule has 4 heteroatoms. The van der Waals surface area contributed by atoms with Crippen molar-refractivity contribution in [3.63, 3.8) is 0 Å². The number of hydrogen-bond donors (Lipinski definition) is 0. The van der Waals surface area contributed by atoms with Gasteiger partial charge in [0.1, 0.15) is 0 Å². The van der Waals surface area contributed by atoms with Crippen LogP contribution in [0, 0.1) is 5.92 Å². The fourth-order valence-corrected chi connectivity index (χ4v) is 3.49. The molecule has 1 atom stereocenters. The van der Waals surface area contributed by atoms with Crippen molar-refractivity contribution in [1.29, 1.82) is 0 Å². The van der Waals surface area contributed by atoms with Crippen LogP contribution in [0.15, 0.2) is 12.3 Å². The quantitative estimate of drug-likeness (QED) is 0.191. The Morgan fingerprint density at radius 2 is 1.40 bits per heavy atom. The highest BCUT2D eigenvalue weighted by molar-refractivity contribution is 4.94. The lowest BCUT2D eigenvalue weighted by Gasteiger charge is -2.46. The third-order valence-electron chi connectivity index (χ3n) is 4.66. The van der Waals surface area contributed by atoms with Crippen molar-refractivity contribution in [1.82, 2.24) is 0 Å². The van der Waals surface area contributed by atoms with E-state index in [1.165, 1.54) is 32.1 Å². The first-order chi connectivity index (χ1) is 12.0. The van der Waals surface area contributed by atoms with Gasteiger partial charge in [-0.05, 0) is 31.6 Å². The van der Waals surface area contributed by atoms with Crippen LogP contribution in [0.3, 0.4) is 0 Å². The van der Waals surface area contributed by atoms with E-state index in [-0.39, 0.29) is 0 Å². The van der Waals surface area contributed by atoms with Crippen molar-refractivity contribution >= 4 is 0 Å². The second-order valence-corrected chi connectivity index (χ2v) is 7.18. The van der Waals surface area contributed by atoms with Gasteiger partial charge in [-0.3, -0.25) is 0 Å². The molecule has 0 amide bonds. The molecule has 0 heterocycles. The monoisotopic (exact) mass is 358 g/mol. The first kappa shape index (κ1) is 24.4. The number of hydrogen-bond acceptors (Lipinski definition) is 4. The predicted octanol–water partition coefficient (Wildman–Crippen LogP) is 6.06. The molecule has 0 aromatic rings. The molecule has 0 rings (SSSR count). The summed E-state index contributed by atoms with van der Waals surface area (Å²) in [7, 11) is 4.86. The summed E-state index contributed by atoms with van der Waals surface area (Å²) in [5, 5.41) is 0. The number of rotatable bonds is 16. The van der Waals surface area contributed by atoms with Gasteiger partial charge in [-0.1, -0.05) is 65.9 Å². The smallest absolute Gasteiger partial charge is 0.324 e. The topological polar surface area (TPSA) is 36.9 Å². The highest BCUT2D eigenvalue weighted by atomic mass is 16.9. The SMILES string of the molecule is CCC=COC(CCCCCCCC)(CC(C)C)C(OC)(OC)OC. The Labute approximate surface area is 156 Å². The van der Waals surface area contributed by atoms with Gasteiger partial charge >= 0.3 is 5.97 Å².